The van der Waals surface area contributed by atoms with Gasteiger partial charge in [-0.3, -0.25) is 9.59 Å². The van der Waals surface area contributed by atoms with Crippen LogP contribution in [0, 0.1) is 0 Å². The number of hydrogen-bond acceptors (Lipinski definition) is 3. The van der Waals surface area contributed by atoms with Gasteiger partial charge in [-0.1, -0.05) is 12.1 Å². The number of benzene rings is 1. The molecular weight excluding hydrogens is 242 g/mol. The van der Waals surface area contributed by atoms with Crippen LogP contribution in [0.15, 0.2) is 18.2 Å². The molecule has 102 valence electrons. The minimum atomic E-state index is -0.230. The van der Waals surface area contributed by atoms with Gasteiger partial charge in [-0.15, -0.1) is 0 Å². The fourth-order valence-electron chi connectivity index (χ4n) is 2.36. The van der Waals surface area contributed by atoms with Crippen LogP contribution >= 0.6 is 0 Å². The molecule has 4 heteroatoms. The van der Waals surface area contributed by atoms with Crippen molar-refractivity contribution in [2.24, 2.45) is 0 Å². The quantitative estimate of drug-likeness (QED) is 0.780. The van der Waals surface area contributed by atoms with Gasteiger partial charge in [0, 0.05) is 12.2 Å². The highest BCUT2D eigenvalue weighted by Crippen LogP contribution is 2.29. The van der Waals surface area contributed by atoms with Gasteiger partial charge in [-0.2, -0.15) is 0 Å². The maximum Gasteiger partial charge on any atom is 0.310 e. The number of carbonyl (C=O) groups is 2. The second-order valence-corrected chi connectivity index (χ2v) is 4.99. The molecule has 2 rings (SSSR count). The van der Waals surface area contributed by atoms with E-state index < -0.39 is 0 Å². The SMILES string of the molecule is CCN1C(=O)Cc2cc(CC(=O)OC(C)C)ccc21. The minimum absolute atomic E-state index is 0.0981. The van der Waals surface area contributed by atoms with E-state index in [9.17, 15) is 9.59 Å². The van der Waals surface area contributed by atoms with Crippen LogP contribution in [0.5, 0.6) is 0 Å². The standard InChI is InChI=1S/C15H19NO3/c1-4-16-13-6-5-11(7-12(13)9-14(16)17)8-15(18)19-10(2)3/h5-7,10H,4,8-9H2,1-3H3. The molecule has 0 saturated heterocycles. The van der Waals surface area contributed by atoms with Crippen molar-refractivity contribution in [2.75, 3.05) is 11.4 Å². The van der Waals surface area contributed by atoms with Crippen LogP contribution in [0.2, 0.25) is 0 Å². The van der Waals surface area contributed by atoms with E-state index in [2.05, 4.69) is 0 Å². The van der Waals surface area contributed by atoms with E-state index in [1.54, 1.807) is 4.90 Å². The number of anilines is 1. The molecule has 0 unspecified atom stereocenters. The maximum atomic E-state index is 11.8. The lowest BCUT2D eigenvalue weighted by Gasteiger charge is -2.14. The van der Waals surface area contributed by atoms with Crippen LogP contribution in [-0.4, -0.2) is 24.5 Å². The third-order valence-electron chi connectivity index (χ3n) is 3.11. The monoisotopic (exact) mass is 261 g/mol. The average Bonchev–Trinajstić information content (AvgIpc) is 2.62. The number of ether oxygens (including phenoxy) is 1. The smallest absolute Gasteiger partial charge is 0.310 e. The van der Waals surface area contributed by atoms with Crippen molar-refractivity contribution < 1.29 is 14.3 Å². The summed E-state index contributed by atoms with van der Waals surface area (Å²) in [6, 6.07) is 5.74. The molecule has 1 aromatic rings. The number of carbonyl (C=O) groups excluding carboxylic acids is 2. The van der Waals surface area contributed by atoms with Crippen LogP contribution in [0.1, 0.15) is 31.9 Å². The largest absolute Gasteiger partial charge is 0.463 e. The Morgan fingerprint density at radius 1 is 1.42 bits per heavy atom. The van der Waals surface area contributed by atoms with Crippen molar-refractivity contribution in [3.05, 3.63) is 29.3 Å². The molecule has 0 radical (unpaired) electrons. The van der Waals surface area contributed by atoms with Gasteiger partial charge in [0.25, 0.3) is 0 Å². The van der Waals surface area contributed by atoms with Crippen LogP contribution < -0.4 is 4.90 Å². The number of hydrogen-bond donors (Lipinski definition) is 0. The molecular formula is C15H19NO3. The number of esters is 1. The normalized spacial score (nSPS) is 13.9. The van der Waals surface area contributed by atoms with E-state index in [-0.39, 0.29) is 24.4 Å². The number of amides is 1. The molecule has 0 aliphatic carbocycles. The number of fused-ring (bicyclic) bond motifs is 1. The first-order valence-corrected chi connectivity index (χ1v) is 6.63. The maximum absolute atomic E-state index is 11.8. The average molecular weight is 261 g/mol. The first kappa shape index (κ1) is 13.6. The van der Waals surface area contributed by atoms with Crippen LogP contribution in [0.3, 0.4) is 0 Å². The van der Waals surface area contributed by atoms with Gasteiger partial charge in [-0.25, -0.2) is 0 Å². The zero-order valence-electron chi connectivity index (χ0n) is 11.6. The first-order chi connectivity index (χ1) is 9.01. The zero-order chi connectivity index (χ0) is 14.0. The molecule has 0 aromatic heterocycles. The lowest BCUT2D eigenvalue weighted by Crippen LogP contribution is -2.25. The number of nitrogens with zero attached hydrogens (tertiary/aromatic N) is 1. The first-order valence-electron chi connectivity index (χ1n) is 6.63. The van der Waals surface area contributed by atoms with Crippen LogP contribution in [-0.2, 0) is 27.2 Å². The topological polar surface area (TPSA) is 46.6 Å². The Morgan fingerprint density at radius 2 is 2.16 bits per heavy atom. The molecule has 1 aromatic carbocycles. The van der Waals surface area contributed by atoms with E-state index in [4.69, 9.17) is 4.74 Å². The second kappa shape index (κ2) is 5.43. The Morgan fingerprint density at radius 3 is 2.79 bits per heavy atom. The van der Waals surface area contributed by atoms with Gasteiger partial charge in [0.15, 0.2) is 0 Å². The molecule has 1 aliphatic heterocycles. The summed E-state index contributed by atoms with van der Waals surface area (Å²) in [5, 5.41) is 0. The van der Waals surface area contributed by atoms with Gasteiger partial charge in [0.1, 0.15) is 0 Å². The summed E-state index contributed by atoms with van der Waals surface area (Å²) in [6.45, 7) is 6.30. The summed E-state index contributed by atoms with van der Waals surface area (Å²) in [6.07, 6.45) is 0.584. The predicted octanol–water partition coefficient (Wildman–Crippen LogP) is 2.09. The lowest BCUT2D eigenvalue weighted by molar-refractivity contribution is -0.146. The highest BCUT2D eigenvalue weighted by Gasteiger charge is 2.26. The van der Waals surface area contributed by atoms with Gasteiger partial charge in [-0.05, 0) is 38.0 Å². The van der Waals surface area contributed by atoms with Gasteiger partial charge in [0.2, 0.25) is 5.91 Å². The van der Waals surface area contributed by atoms with Crippen molar-refractivity contribution in [2.45, 2.75) is 39.7 Å². The van der Waals surface area contributed by atoms with E-state index in [0.29, 0.717) is 13.0 Å². The Labute approximate surface area is 113 Å². The van der Waals surface area contributed by atoms with E-state index in [0.717, 1.165) is 16.8 Å². The summed E-state index contributed by atoms with van der Waals surface area (Å²) in [4.78, 5) is 25.2. The summed E-state index contributed by atoms with van der Waals surface area (Å²) in [7, 11) is 0. The molecule has 0 spiro atoms. The molecule has 1 aliphatic rings. The number of likely N-dealkylation sites (N-methyl/N-ethyl adjacent to an activating group) is 1. The van der Waals surface area contributed by atoms with Gasteiger partial charge in [0.05, 0.1) is 18.9 Å². The molecule has 0 N–H and O–H groups in total. The van der Waals surface area contributed by atoms with Crippen LogP contribution in [0.4, 0.5) is 5.69 Å². The summed E-state index contributed by atoms with van der Waals surface area (Å²) >= 11 is 0. The number of rotatable bonds is 4. The molecule has 0 bridgehead atoms. The predicted molar refractivity (Wildman–Crippen MR) is 73.1 cm³/mol. The fraction of sp³-hybridized carbons (Fsp3) is 0.467. The zero-order valence-corrected chi connectivity index (χ0v) is 11.6. The molecule has 4 nitrogen and oxygen atoms in total. The fourth-order valence-corrected chi connectivity index (χ4v) is 2.36. The third kappa shape index (κ3) is 2.95. The minimum Gasteiger partial charge on any atom is -0.463 e. The molecule has 1 amide bonds. The van der Waals surface area contributed by atoms with E-state index >= 15 is 0 Å². The van der Waals surface area contributed by atoms with E-state index in [1.807, 2.05) is 39.0 Å². The lowest BCUT2D eigenvalue weighted by atomic mass is 10.1. The second-order valence-electron chi connectivity index (χ2n) is 4.99. The Hall–Kier alpha value is -1.84. The van der Waals surface area contributed by atoms with Crippen molar-refractivity contribution in [1.29, 1.82) is 0 Å². The van der Waals surface area contributed by atoms with Crippen molar-refractivity contribution >= 4 is 17.6 Å². The molecule has 0 fully saturated rings. The Bertz CT molecular complexity index is 508. The summed E-state index contributed by atoms with van der Waals surface area (Å²) in [5.74, 6) is -0.106. The molecule has 1 heterocycles. The molecule has 0 saturated carbocycles. The summed E-state index contributed by atoms with van der Waals surface area (Å²) in [5.41, 5.74) is 2.87. The van der Waals surface area contributed by atoms with Crippen LogP contribution in [0.25, 0.3) is 0 Å². The van der Waals surface area contributed by atoms with Gasteiger partial charge >= 0.3 is 5.97 Å². The summed E-state index contributed by atoms with van der Waals surface area (Å²) < 4.78 is 5.12. The highest BCUT2D eigenvalue weighted by atomic mass is 16.5. The van der Waals surface area contributed by atoms with Gasteiger partial charge < -0.3 is 9.64 Å². The third-order valence-corrected chi connectivity index (χ3v) is 3.11. The highest BCUT2D eigenvalue weighted by molar-refractivity contribution is 6.01. The Kier molecular flexibility index (Phi) is 3.88. The van der Waals surface area contributed by atoms with E-state index in [1.165, 1.54) is 0 Å². The van der Waals surface area contributed by atoms with Crippen molar-refractivity contribution in [3.63, 3.8) is 0 Å². The molecule has 19 heavy (non-hydrogen) atoms. The van der Waals surface area contributed by atoms with Crippen molar-refractivity contribution in [1.82, 2.24) is 0 Å². The molecule has 0 atom stereocenters. The Balaban J connectivity index is 2.13. The van der Waals surface area contributed by atoms with Crippen molar-refractivity contribution in [3.8, 4) is 0 Å².